The average Bonchev–Trinajstić information content (AvgIpc) is 2.34. The molecule has 0 amide bonds. The van der Waals surface area contributed by atoms with E-state index in [0.717, 1.165) is 5.32 Å². The molecule has 1 rings (SSSR count). The van der Waals surface area contributed by atoms with Crippen LogP contribution in [0.5, 0.6) is 0 Å². The van der Waals surface area contributed by atoms with Crippen molar-refractivity contribution < 1.29 is 0 Å². The van der Waals surface area contributed by atoms with Gasteiger partial charge in [-0.3, -0.25) is 0 Å². The van der Waals surface area contributed by atoms with Gasteiger partial charge >= 0.3 is 65.6 Å². The van der Waals surface area contributed by atoms with Crippen LogP contribution in [0.3, 0.4) is 0 Å². The summed E-state index contributed by atoms with van der Waals surface area (Å²) in [5.41, 5.74) is 0. The van der Waals surface area contributed by atoms with E-state index in [1.807, 2.05) is 17.4 Å². The van der Waals surface area contributed by atoms with Crippen molar-refractivity contribution >= 4 is 30.1 Å². The molecule has 0 atom stereocenters. The Morgan fingerprint density at radius 2 is 2.67 bits per heavy atom. The minimum absolute atomic E-state index is 0.649. The Bertz CT molecular complexity index is 167. The molecule has 0 bridgehead atoms. The van der Waals surface area contributed by atoms with Gasteiger partial charge in [-0.05, 0) is 0 Å². The molecule has 1 heterocycles. The fourth-order valence-electron chi connectivity index (χ4n) is 0.487. The molecule has 9 heavy (non-hydrogen) atoms. The van der Waals surface area contributed by atoms with Crippen molar-refractivity contribution in [1.82, 2.24) is 0 Å². The molecule has 48 valence electrons. The summed E-state index contributed by atoms with van der Waals surface area (Å²) in [4.78, 5) is 0. The van der Waals surface area contributed by atoms with Crippen LogP contribution in [0.1, 0.15) is 0 Å². The average molecular weight is 203 g/mol. The second-order valence-electron chi connectivity index (χ2n) is 1.53. The Kier molecular flexibility index (Phi) is 3.05. The summed E-state index contributed by atoms with van der Waals surface area (Å²) in [7, 11) is 0. The Balaban J connectivity index is 2.38. The molecule has 0 spiro atoms. The summed E-state index contributed by atoms with van der Waals surface area (Å²) < 4.78 is 1.52. The van der Waals surface area contributed by atoms with E-state index >= 15 is 0 Å². The van der Waals surface area contributed by atoms with Crippen molar-refractivity contribution in [1.29, 1.82) is 0 Å². The molecule has 0 N–H and O–H groups in total. The number of hydrogen-bond acceptors (Lipinski definition) is 1. The fourth-order valence-corrected chi connectivity index (χ4v) is 3.09. The molecular weight excluding hydrogens is 195 g/mol. The fraction of sp³-hybridized carbons (Fsp3) is 0.143. The van der Waals surface area contributed by atoms with E-state index < -0.39 is 0 Å². The van der Waals surface area contributed by atoms with Crippen LogP contribution >= 0.6 is 11.3 Å². The molecule has 0 radical (unpaired) electrons. The second kappa shape index (κ2) is 3.89. The normalized spacial score (nSPS) is 9.33. The summed E-state index contributed by atoms with van der Waals surface area (Å²) in [5, 5.41) is 3.29. The van der Waals surface area contributed by atoms with E-state index in [2.05, 4.69) is 24.1 Å². The molecule has 0 saturated heterocycles. The van der Waals surface area contributed by atoms with Crippen molar-refractivity contribution in [2.45, 2.75) is 5.32 Å². The first-order valence-electron chi connectivity index (χ1n) is 2.70. The Hall–Kier alpha value is -0.0405. The predicted octanol–water partition coefficient (Wildman–Crippen LogP) is 1.68. The molecule has 0 saturated carbocycles. The second-order valence-corrected chi connectivity index (χ2v) is 5.29. The van der Waals surface area contributed by atoms with Crippen LogP contribution < -0.4 is 3.78 Å². The van der Waals surface area contributed by atoms with Gasteiger partial charge in [-0.25, -0.2) is 0 Å². The van der Waals surface area contributed by atoms with Gasteiger partial charge in [0, 0.05) is 0 Å². The summed E-state index contributed by atoms with van der Waals surface area (Å²) in [6.45, 7) is 3.68. The van der Waals surface area contributed by atoms with Crippen LogP contribution in [-0.2, 0) is 0 Å². The summed E-state index contributed by atoms with van der Waals surface area (Å²) >= 11 is 2.49. The minimum atomic E-state index is 0.649. The Morgan fingerprint density at radius 3 is 3.22 bits per heavy atom. The number of allylic oxidation sites excluding steroid dienone is 1. The Morgan fingerprint density at radius 1 is 1.78 bits per heavy atom. The van der Waals surface area contributed by atoms with E-state index in [-0.39, 0.29) is 0 Å². The molecule has 0 aromatic carbocycles. The van der Waals surface area contributed by atoms with Crippen LogP contribution in [0, 0.1) is 0 Å². The molecule has 2 heteroatoms. The third-order valence-corrected chi connectivity index (χ3v) is 4.44. The van der Waals surface area contributed by atoms with Gasteiger partial charge in [0.05, 0.1) is 0 Å². The first kappa shape index (κ1) is 7.07. The summed E-state index contributed by atoms with van der Waals surface area (Å²) in [6, 6.07) is 4.29. The monoisotopic (exact) mass is 204 g/mol. The van der Waals surface area contributed by atoms with Gasteiger partial charge in [0.25, 0.3) is 0 Å². The number of hydrogen-bond donors (Lipinski definition) is 0. The molecule has 0 nitrogen and oxygen atoms in total. The molecule has 0 unspecified atom stereocenters. The Labute approximate surface area is 65.8 Å². The maximum absolute atomic E-state index is 3.68. The van der Waals surface area contributed by atoms with E-state index in [0.29, 0.717) is 15.0 Å². The van der Waals surface area contributed by atoms with Crippen molar-refractivity contribution in [3.8, 4) is 0 Å². The third-order valence-electron chi connectivity index (χ3n) is 0.839. The van der Waals surface area contributed by atoms with Crippen LogP contribution in [0.25, 0.3) is 0 Å². The van der Waals surface area contributed by atoms with Crippen molar-refractivity contribution in [2.75, 3.05) is 0 Å². The SMILES string of the molecule is C=CC[Se]c1cccs1. The predicted molar refractivity (Wildman–Crippen MR) is 44.7 cm³/mol. The summed E-state index contributed by atoms with van der Waals surface area (Å²) in [6.07, 6.45) is 1.99. The van der Waals surface area contributed by atoms with Gasteiger partial charge in [0.1, 0.15) is 0 Å². The zero-order valence-electron chi connectivity index (χ0n) is 5.04. The first-order chi connectivity index (χ1) is 4.43. The van der Waals surface area contributed by atoms with E-state index in [9.17, 15) is 0 Å². The zero-order chi connectivity index (χ0) is 6.53. The third kappa shape index (κ3) is 2.35. The van der Waals surface area contributed by atoms with Gasteiger partial charge in [-0.15, -0.1) is 0 Å². The molecule has 0 aliphatic carbocycles. The molecular formula is C7H8SSe. The molecule has 1 aromatic rings. The van der Waals surface area contributed by atoms with Crippen molar-refractivity contribution in [2.24, 2.45) is 0 Å². The zero-order valence-corrected chi connectivity index (χ0v) is 7.57. The van der Waals surface area contributed by atoms with E-state index in [4.69, 9.17) is 0 Å². The first-order valence-corrected chi connectivity index (χ1v) is 5.65. The van der Waals surface area contributed by atoms with Crippen LogP contribution in [0.4, 0.5) is 0 Å². The van der Waals surface area contributed by atoms with Crippen molar-refractivity contribution in [3.63, 3.8) is 0 Å². The van der Waals surface area contributed by atoms with Gasteiger partial charge in [-0.1, -0.05) is 0 Å². The standard InChI is InChI=1S/C7H8SSe/c1-2-6-9-7-4-3-5-8-7/h2-5H,1,6H2. The molecule has 0 aliphatic rings. The molecule has 0 aliphatic heterocycles. The van der Waals surface area contributed by atoms with E-state index in [1.165, 1.54) is 3.78 Å². The van der Waals surface area contributed by atoms with Crippen LogP contribution in [0.15, 0.2) is 30.2 Å². The quantitative estimate of drug-likeness (QED) is 0.518. The van der Waals surface area contributed by atoms with E-state index in [1.54, 1.807) is 0 Å². The summed E-state index contributed by atoms with van der Waals surface area (Å²) in [5.74, 6) is 0. The topological polar surface area (TPSA) is 0 Å². The van der Waals surface area contributed by atoms with Gasteiger partial charge in [0.15, 0.2) is 0 Å². The van der Waals surface area contributed by atoms with Crippen molar-refractivity contribution in [3.05, 3.63) is 30.2 Å². The molecule has 0 fully saturated rings. The number of rotatable bonds is 3. The number of thiophene rings is 1. The molecule has 1 aromatic heterocycles. The van der Waals surface area contributed by atoms with Crippen LogP contribution in [0.2, 0.25) is 5.32 Å². The van der Waals surface area contributed by atoms with Gasteiger partial charge < -0.3 is 0 Å². The van der Waals surface area contributed by atoms with Gasteiger partial charge in [-0.2, -0.15) is 0 Å². The van der Waals surface area contributed by atoms with Gasteiger partial charge in [0.2, 0.25) is 0 Å². The maximum atomic E-state index is 3.68. The van der Waals surface area contributed by atoms with Crippen LogP contribution in [-0.4, -0.2) is 15.0 Å².